The van der Waals surface area contributed by atoms with Gasteiger partial charge in [-0.2, -0.15) is 0 Å². The number of rotatable bonds is 3. The predicted molar refractivity (Wildman–Crippen MR) is 67.7 cm³/mol. The molecule has 2 heterocycles. The minimum atomic E-state index is -0.249. The lowest BCUT2D eigenvalue weighted by Crippen LogP contribution is -2.33. The summed E-state index contributed by atoms with van der Waals surface area (Å²) in [6, 6.07) is 2.99. The number of carbonyl (C=O) groups is 1. The number of pyridine rings is 1. The largest absolute Gasteiger partial charge is 0.381 e. The molecule has 1 aromatic heterocycles. The van der Waals surface area contributed by atoms with Crippen molar-refractivity contribution in [2.75, 3.05) is 19.8 Å². The number of H-pyrrole nitrogens is 1. The van der Waals surface area contributed by atoms with Crippen LogP contribution in [0.25, 0.3) is 0 Å². The molecular weight excluding hydrogens is 232 g/mol. The van der Waals surface area contributed by atoms with E-state index in [1.807, 2.05) is 0 Å². The summed E-state index contributed by atoms with van der Waals surface area (Å²) in [4.78, 5) is 25.8. The highest BCUT2D eigenvalue weighted by atomic mass is 16.5. The Hall–Kier alpha value is -1.62. The van der Waals surface area contributed by atoms with E-state index in [9.17, 15) is 9.59 Å². The van der Waals surface area contributed by atoms with Gasteiger partial charge in [-0.3, -0.25) is 9.59 Å². The molecule has 1 unspecified atom stereocenters. The molecule has 1 atom stereocenters. The van der Waals surface area contributed by atoms with E-state index >= 15 is 0 Å². The number of aryl methyl sites for hydroxylation is 1. The van der Waals surface area contributed by atoms with Crippen LogP contribution in [-0.4, -0.2) is 30.6 Å². The molecule has 5 heteroatoms. The Balaban J connectivity index is 1.92. The fourth-order valence-electron chi connectivity index (χ4n) is 2.12. The molecule has 98 valence electrons. The third-order valence-electron chi connectivity index (χ3n) is 3.05. The van der Waals surface area contributed by atoms with Crippen LogP contribution in [0.5, 0.6) is 0 Å². The molecule has 1 aliphatic heterocycles. The zero-order valence-electron chi connectivity index (χ0n) is 10.5. The number of nitrogens with one attached hydrogen (secondary N) is 2. The van der Waals surface area contributed by atoms with Gasteiger partial charge in [0.05, 0.1) is 6.61 Å². The topological polar surface area (TPSA) is 71.2 Å². The van der Waals surface area contributed by atoms with Gasteiger partial charge >= 0.3 is 0 Å². The summed E-state index contributed by atoms with van der Waals surface area (Å²) < 4.78 is 5.35. The number of hydrogen-bond acceptors (Lipinski definition) is 3. The zero-order chi connectivity index (χ0) is 13.0. The van der Waals surface area contributed by atoms with Crippen LogP contribution in [-0.2, 0) is 4.74 Å². The highest BCUT2D eigenvalue weighted by molar-refractivity contribution is 5.94. The van der Waals surface area contributed by atoms with Crippen molar-refractivity contribution in [3.05, 3.63) is 33.7 Å². The summed E-state index contributed by atoms with van der Waals surface area (Å²) in [5, 5.41) is 2.85. The second-order valence-electron chi connectivity index (χ2n) is 4.71. The maximum absolute atomic E-state index is 11.9. The van der Waals surface area contributed by atoms with Crippen LogP contribution in [0.3, 0.4) is 0 Å². The van der Waals surface area contributed by atoms with E-state index in [-0.39, 0.29) is 11.5 Å². The summed E-state index contributed by atoms with van der Waals surface area (Å²) in [6.45, 7) is 3.88. The van der Waals surface area contributed by atoms with E-state index in [1.165, 1.54) is 6.07 Å². The van der Waals surface area contributed by atoms with Crippen molar-refractivity contribution >= 4 is 5.91 Å². The fraction of sp³-hybridized carbons (Fsp3) is 0.538. The molecule has 1 aliphatic rings. The maximum atomic E-state index is 11.9. The van der Waals surface area contributed by atoms with E-state index in [4.69, 9.17) is 4.74 Å². The van der Waals surface area contributed by atoms with E-state index in [1.54, 1.807) is 13.0 Å². The number of hydrogen-bond donors (Lipinski definition) is 2. The van der Waals surface area contributed by atoms with Crippen molar-refractivity contribution in [2.45, 2.75) is 19.8 Å². The Morgan fingerprint density at radius 1 is 1.56 bits per heavy atom. The van der Waals surface area contributed by atoms with Gasteiger partial charge in [0.2, 0.25) is 5.56 Å². The van der Waals surface area contributed by atoms with Gasteiger partial charge in [0, 0.05) is 30.5 Å². The maximum Gasteiger partial charge on any atom is 0.251 e. The second-order valence-corrected chi connectivity index (χ2v) is 4.71. The molecule has 0 bridgehead atoms. The number of aromatic nitrogens is 1. The van der Waals surface area contributed by atoms with Gasteiger partial charge in [0.25, 0.3) is 5.91 Å². The number of aromatic amines is 1. The molecule has 0 radical (unpaired) electrons. The summed E-state index contributed by atoms with van der Waals surface area (Å²) in [5.41, 5.74) is 0.850. The molecule has 1 fully saturated rings. The Morgan fingerprint density at radius 2 is 2.39 bits per heavy atom. The third kappa shape index (κ3) is 3.43. The smallest absolute Gasteiger partial charge is 0.251 e. The van der Waals surface area contributed by atoms with Crippen LogP contribution in [0.4, 0.5) is 0 Å². The van der Waals surface area contributed by atoms with Gasteiger partial charge in [0.1, 0.15) is 0 Å². The normalized spacial score (nSPS) is 19.5. The average molecular weight is 250 g/mol. The molecule has 1 amide bonds. The van der Waals surface area contributed by atoms with Gasteiger partial charge in [-0.1, -0.05) is 0 Å². The molecule has 0 spiro atoms. The van der Waals surface area contributed by atoms with Crippen LogP contribution in [0.2, 0.25) is 0 Å². The number of carbonyl (C=O) groups excluding carboxylic acids is 1. The Bertz CT molecular complexity index is 475. The van der Waals surface area contributed by atoms with Crippen molar-refractivity contribution in [1.82, 2.24) is 10.3 Å². The highest BCUT2D eigenvalue weighted by Gasteiger charge is 2.15. The monoisotopic (exact) mass is 250 g/mol. The molecule has 2 N–H and O–H groups in total. The molecule has 0 aromatic carbocycles. The minimum Gasteiger partial charge on any atom is -0.381 e. The molecule has 5 nitrogen and oxygen atoms in total. The molecule has 2 rings (SSSR count). The second kappa shape index (κ2) is 5.82. The lowest BCUT2D eigenvalue weighted by molar-refractivity contribution is 0.0536. The fourth-order valence-corrected chi connectivity index (χ4v) is 2.12. The molecular formula is C13H18N2O3. The Labute approximate surface area is 106 Å². The molecule has 0 aliphatic carbocycles. The Kier molecular flexibility index (Phi) is 4.15. The Morgan fingerprint density at radius 3 is 3.06 bits per heavy atom. The first kappa shape index (κ1) is 12.8. The van der Waals surface area contributed by atoms with Gasteiger partial charge in [-0.05, 0) is 31.7 Å². The summed E-state index contributed by atoms with van der Waals surface area (Å²) in [5.74, 6) is 0.181. The number of ether oxygens (including phenoxy) is 1. The summed E-state index contributed by atoms with van der Waals surface area (Å²) >= 11 is 0. The number of amides is 1. The van der Waals surface area contributed by atoms with Crippen molar-refractivity contribution in [3.8, 4) is 0 Å². The molecule has 1 saturated heterocycles. The quantitative estimate of drug-likeness (QED) is 0.835. The van der Waals surface area contributed by atoms with Crippen molar-refractivity contribution in [1.29, 1.82) is 0 Å². The van der Waals surface area contributed by atoms with E-state index < -0.39 is 0 Å². The van der Waals surface area contributed by atoms with Crippen LogP contribution in [0, 0.1) is 12.8 Å². The minimum absolute atomic E-state index is 0.199. The standard InChI is InChI=1S/C13H18N2O3/c1-9-5-11(6-12(16)15-9)13(17)14-7-10-3-2-4-18-8-10/h5-6,10H,2-4,7-8H2,1H3,(H,14,17)(H,15,16). The molecule has 0 saturated carbocycles. The van der Waals surface area contributed by atoms with Gasteiger partial charge in [0.15, 0.2) is 0 Å². The van der Waals surface area contributed by atoms with Crippen LogP contribution >= 0.6 is 0 Å². The van der Waals surface area contributed by atoms with Crippen LogP contribution < -0.4 is 10.9 Å². The highest BCUT2D eigenvalue weighted by Crippen LogP contribution is 2.12. The predicted octanol–water partition coefficient (Wildman–Crippen LogP) is 0.840. The van der Waals surface area contributed by atoms with Crippen molar-refractivity contribution < 1.29 is 9.53 Å². The van der Waals surface area contributed by atoms with Crippen LogP contribution in [0.15, 0.2) is 16.9 Å². The van der Waals surface area contributed by atoms with Gasteiger partial charge in [-0.25, -0.2) is 0 Å². The van der Waals surface area contributed by atoms with E-state index in [0.29, 0.717) is 30.3 Å². The first-order chi connectivity index (χ1) is 8.65. The lowest BCUT2D eigenvalue weighted by Gasteiger charge is -2.22. The summed E-state index contributed by atoms with van der Waals surface area (Å²) in [7, 11) is 0. The SMILES string of the molecule is Cc1cc(C(=O)NCC2CCCOC2)cc(=O)[nH]1. The first-order valence-electron chi connectivity index (χ1n) is 6.22. The van der Waals surface area contributed by atoms with E-state index in [2.05, 4.69) is 10.3 Å². The first-order valence-corrected chi connectivity index (χ1v) is 6.22. The van der Waals surface area contributed by atoms with Gasteiger partial charge < -0.3 is 15.0 Å². The zero-order valence-corrected chi connectivity index (χ0v) is 10.5. The van der Waals surface area contributed by atoms with Crippen molar-refractivity contribution in [3.63, 3.8) is 0 Å². The van der Waals surface area contributed by atoms with Crippen molar-refractivity contribution in [2.24, 2.45) is 5.92 Å². The van der Waals surface area contributed by atoms with Crippen LogP contribution in [0.1, 0.15) is 28.9 Å². The average Bonchev–Trinajstić information content (AvgIpc) is 2.36. The molecule has 1 aromatic rings. The molecule has 18 heavy (non-hydrogen) atoms. The third-order valence-corrected chi connectivity index (χ3v) is 3.05. The summed E-state index contributed by atoms with van der Waals surface area (Å²) in [6.07, 6.45) is 2.12. The lowest BCUT2D eigenvalue weighted by atomic mass is 10.0. The van der Waals surface area contributed by atoms with E-state index in [0.717, 1.165) is 19.4 Å². The van der Waals surface area contributed by atoms with Gasteiger partial charge in [-0.15, -0.1) is 0 Å².